The number of rotatable bonds is 7. The third-order valence-corrected chi connectivity index (χ3v) is 2.90. The Labute approximate surface area is 140 Å². The first-order chi connectivity index (χ1) is 11.2. The summed E-state index contributed by atoms with van der Waals surface area (Å²) >= 11 is 0. The fourth-order valence-electron chi connectivity index (χ4n) is 1.81. The number of hydrogen-bond acceptors (Lipinski definition) is 5. The molecule has 24 heavy (non-hydrogen) atoms. The van der Waals surface area contributed by atoms with E-state index in [4.69, 9.17) is 4.74 Å². The fourth-order valence-corrected chi connectivity index (χ4v) is 1.81. The molecular weight excluding hydrogens is 314 g/mol. The van der Waals surface area contributed by atoms with Gasteiger partial charge in [0.1, 0.15) is 5.60 Å². The zero-order valence-corrected chi connectivity index (χ0v) is 14.1. The molecule has 0 aliphatic rings. The summed E-state index contributed by atoms with van der Waals surface area (Å²) < 4.78 is 5.06. The van der Waals surface area contributed by atoms with Gasteiger partial charge in [0.25, 0.3) is 5.69 Å². The number of hydrogen-bond donors (Lipinski definition) is 2. The Morgan fingerprint density at radius 1 is 1.12 bits per heavy atom. The molecule has 0 spiro atoms. The van der Waals surface area contributed by atoms with Crippen LogP contribution in [-0.4, -0.2) is 35.6 Å². The van der Waals surface area contributed by atoms with Crippen molar-refractivity contribution in [2.45, 2.75) is 39.2 Å². The number of non-ortho nitro benzene ring substituents is 1. The van der Waals surface area contributed by atoms with Gasteiger partial charge in [-0.3, -0.25) is 14.9 Å². The van der Waals surface area contributed by atoms with Crippen molar-refractivity contribution >= 4 is 17.7 Å². The summed E-state index contributed by atoms with van der Waals surface area (Å²) in [6, 6.07) is 6.19. The number of amides is 2. The standard InChI is InChI=1S/C16H23N3O5/c1-16(2,3)24-15(21)18-11-9-14(20)17-10-8-12-4-6-13(7-5-12)19(22)23/h4-7H,8-11H2,1-3H3,(H,17,20)(H,18,21). The topological polar surface area (TPSA) is 111 Å². The van der Waals surface area contributed by atoms with Gasteiger partial charge < -0.3 is 15.4 Å². The van der Waals surface area contributed by atoms with E-state index < -0.39 is 16.6 Å². The summed E-state index contributed by atoms with van der Waals surface area (Å²) in [5.74, 6) is -0.187. The highest BCUT2D eigenvalue weighted by atomic mass is 16.6. The van der Waals surface area contributed by atoms with Gasteiger partial charge >= 0.3 is 6.09 Å². The molecule has 0 saturated heterocycles. The van der Waals surface area contributed by atoms with Gasteiger partial charge in [0, 0.05) is 31.6 Å². The summed E-state index contributed by atoms with van der Waals surface area (Å²) in [6.45, 7) is 5.90. The van der Waals surface area contributed by atoms with Gasteiger partial charge in [-0.1, -0.05) is 12.1 Å². The van der Waals surface area contributed by atoms with Crippen molar-refractivity contribution in [2.24, 2.45) is 0 Å². The molecule has 2 N–H and O–H groups in total. The van der Waals surface area contributed by atoms with Crippen LogP contribution in [-0.2, 0) is 16.0 Å². The van der Waals surface area contributed by atoms with Crippen LogP contribution in [0.1, 0.15) is 32.8 Å². The number of nitro groups is 1. The number of nitrogens with zero attached hydrogens (tertiary/aromatic N) is 1. The molecule has 0 aliphatic heterocycles. The highest BCUT2D eigenvalue weighted by Crippen LogP contribution is 2.11. The maximum absolute atomic E-state index is 11.7. The lowest BCUT2D eigenvalue weighted by Crippen LogP contribution is -2.35. The third kappa shape index (κ3) is 8.11. The lowest BCUT2D eigenvalue weighted by atomic mass is 10.1. The molecule has 0 heterocycles. The zero-order chi connectivity index (χ0) is 18.2. The van der Waals surface area contributed by atoms with Crippen molar-refractivity contribution in [3.63, 3.8) is 0 Å². The van der Waals surface area contributed by atoms with Crippen LogP contribution in [0.15, 0.2) is 24.3 Å². The first kappa shape index (κ1) is 19.4. The van der Waals surface area contributed by atoms with Gasteiger partial charge in [-0.15, -0.1) is 0 Å². The number of alkyl carbamates (subject to hydrolysis) is 1. The Morgan fingerprint density at radius 2 is 1.75 bits per heavy atom. The Balaban J connectivity index is 2.20. The molecule has 0 bridgehead atoms. The van der Waals surface area contributed by atoms with E-state index in [1.807, 2.05) is 0 Å². The van der Waals surface area contributed by atoms with Crippen LogP contribution in [0.5, 0.6) is 0 Å². The lowest BCUT2D eigenvalue weighted by molar-refractivity contribution is -0.384. The number of carbonyl (C=O) groups excluding carboxylic acids is 2. The second-order valence-electron chi connectivity index (χ2n) is 6.20. The van der Waals surface area contributed by atoms with Gasteiger partial charge in [0.2, 0.25) is 5.91 Å². The van der Waals surface area contributed by atoms with Crippen LogP contribution in [0.3, 0.4) is 0 Å². The second-order valence-corrected chi connectivity index (χ2v) is 6.20. The highest BCUT2D eigenvalue weighted by Gasteiger charge is 2.15. The number of carbonyl (C=O) groups is 2. The maximum Gasteiger partial charge on any atom is 0.407 e. The van der Waals surface area contributed by atoms with Crippen LogP contribution in [0.4, 0.5) is 10.5 Å². The van der Waals surface area contributed by atoms with Crippen LogP contribution in [0.25, 0.3) is 0 Å². The van der Waals surface area contributed by atoms with E-state index >= 15 is 0 Å². The molecule has 2 amide bonds. The molecule has 0 radical (unpaired) electrons. The predicted octanol–water partition coefficient (Wildman–Crippen LogP) is 2.17. The average Bonchev–Trinajstić information content (AvgIpc) is 2.46. The number of nitrogens with one attached hydrogen (secondary N) is 2. The predicted molar refractivity (Wildman–Crippen MR) is 88.7 cm³/mol. The fraction of sp³-hybridized carbons (Fsp3) is 0.500. The minimum atomic E-state index is -0.572. The van der Waals surface area contributed by atoms with Crippen molar-refractivity contribution in [3.05, 3.63) is 39.9 Å². The summed E-state index contributed by atoms with van der Waals surface area (Å²) in [6.07, 6.45) is 0.170. The monoisotopic (exact) mass is 337 g/mol. The quantitative estimate of drug-likeness (QED) is 0.585. The molecule has 0 atom stereocenters. The molecule has 8 nitrogen and oxygen atoms in total. The van der Waals surface area contributed by atoms with Crippen molar-refractivity contribution < 1.29 is 19.2 Å². The van der Waals surface area contributed by atoms with E-state index in [0.29, 0.717) is 13.0 Å². The van der Waals surface area contributed by atoms with Crippen molar-refractivity contribution in [1.82, 2.24) is 10.6 Å². The number of benzene rings is 1. The van der Waals surface area contributed by atoms with Gasteiger partial charge in [0.05, 0.1) is 4.92 Å². The smallest absolute Gasteiger partial charge is 0.407 e. The Morgan fingerprint density at radius 3 is 2.29 bits per heavy atom. The minimum Gasteiger partial charge on any atom is -0.444 e. The molecule has 1 aromatic rings. The summed E-state index contributed by atoms with van der Waals surface area (Å²) in [7, 11) is 0. The summed E-state index contributed by atoms with van der Waals surface area (Å²) in [5.41, 5.74) is 0.362. The number of ether oxygens (including phenoxy) is 1. The third-order valence-electron chi connectivity index (χ3n) is 2.90. The molecule has 1 rings (SSSR count). The lowest BCUT2D eigenvalue weighted by Gasteiger charge is -2.19. The van der Waals surface area contributed by atoms with E-state index in [9.17, 15) is 19.7 Å². The molecule has 0 aromatic heterocycles. The summed E-state index contributed by atoms with van der Waals surface area (Å²) in [4.78, 5) is 33.1. The van der Waals surface area contributed by atoms with Crippen LogP contribution in [0.2, 0.25) is 0 Å². The average molecular weight is 337 g/mol. The second kappa shape index (κ2) is 8.85. The van der Waals surface area contributed by atoms with E-state index in [2.05, 4.69) is 10.6 Å². The van der Waals surface area contributed by atoms with Crippen LogP contribution < -0.4 is 10.6 Å². The van der Waals surface area contributed by atoms with E-state index in [-0.39, 0.29) is 24.6 Å². The largest absolute Gasteiger partial charge is 0.444 e. The van der Waals surface area contributed by atoms with E-state index in [1.54, 1.807) is 32.9 Å². The Kier molecular flexibility index (Phi) is 7.16. The first-order valence-corrected chi connectivity index (χ1v) is 7.64. The van der Waals surface area contributed by atoms with Crippen molar-refractivity contribution in [2.75, 3.05) is 13.1 Å². The molecule has 0 fully saturated rings. The van der Waals surface area contributed by atoms with Crippen LogP contribution in [0, 0.1) is 10.1 Å². The molecular formula is C16H23N3O5. The van der Waals surface area contributed by atoms with Gasteiger partial charge in [0.15, 0.2) is 0 Å². The van der Waals surface area contributed by atoms with Gasteiger partial charge in [-0.2, -0.15) is 0 Å². The molecule has 0 aliphatic carbocycles. The van der Waals surface area contributed by atoms with Crippen LogP contribution >= 0.6 is 0 Å². The molecule has 0 saturated carbocycles. The van der Waals surface area contributed by atoms with Crippen molar-refractivity contribution in [3.8, 4) is 0 Å². The molecule has 0 unspecified atom stereocenters. The maximum atomic E-state index is 11.7. The molecule has 132 valence electrons. The minimum absolute atomic E-state index is 0.0380. The zero-order valence-electron chi connectivity index (χ0n) is 14.1. The SMILES string of the molecule is CC(C)(C)OC(=O)NCCC(=O)NCCc1ccc([N+](=O)[O-])cc1. The summed E-state index contributed by atoms with van der Waals surface area (Å²) in [5, 5.41) is 15.8. The first-order valence-electron chi connectivity index (χ1n) is 7.64. The van der Waals surface area contributed by atoms with Crippen molar-refractivity contribution in [1.29, 1.82) is 0 Å². The molecule has 1 aromatic carbocycles. The van der Waals surface area contributed by atoms with Gasteiger partial charge in [-0.25, -0.2) is 4.79 Å². The van der Waals surface area contributed by atoms with E-state index in [1.165, 1.54) is 12.1 Å². The van der Waals surface area contributed by atoms with E-state index in [0.717, 1.165) is 5.56 Å². The number of nitro benzene ring substituents is 1. The van der Waals surface area contributed by atoms with Gasteiger partial charge in [-0.05, 0) is 32.8 Å². The Hall–Kier alpha value is -2.64. The Bertz CT molecular complexity index is 578. The normalized spacial score (nSPS) is 10.8. The molecule has 8 heteroatoms. The highest BCUT2D eigenvalue weighted by molar-refractivity contribution is 5.77.